The summed E-state index contributed by atoms with van der Waals surface area (Å²) in [5, 5.41) is 22.0. The molecule has 4 aliphatic rings. The van der Waals surface area contributed by atoms with Crippen LogP contribution in [-0.4, -0.2) is 21.9 Å². The summed E-state index contributed by atoms with van der Waals surface area (Å²) in [5.74, 6) is 3.75. The first-order valence-electron chi connectivity index (χ1n) is 13.3. The molecule has 10 atom stereocenters. The van der Waals surface area contributed by atoms with Gasteiger partial charge in [0.15, 0.2) is 0 Å². The number of hydrogen-bond acceptors (Lipinski definition) is 2. The maximum atomic E-state index is 11.1. The van der Waals surface area contributed by atoms with Crippen LogP contribution in [0, 0.1) is 51.8 Å². The van der Waals surface area contributed by atoms with Crippen molar-refractivity contribution >= 4 is 0 Å². The first kappa shape index (κ1) is 23.1. The molecule has 2 nitrogen and oxygen atoms in total. The van der Waals surface area contributed by atoms with Gasteiger partial charge in [0.1, 0.15) is 0 Å². The van der Waals surface area contributed by atoms with E-state index in [9.17, 15) is 10.2 Å². The van der Waals surface area contributed by atoms with E-state index in [1.807, 2.05) is 0 Å². The van der Waals surface area contributed by atoms with Gasteiger partial charge in [-0.2, -0.15) is 0 Å². The predicted octanol–water partition coefficient (Wildman–Crippen LogP) is 6.83. The molecule has 1 unspecified atom stereocenters. The topological polar surface area (TPSA) is 40.5 Å². The zero-order valence-electron chi connectivity index (χ0n) is 21.0. The Morgan fingerprint density at radius 2 is 1.43 bits per heavy atom. The first-order chi connectivity index (χ1) is 13.9. The van der Waals surface area contributed by atoms with E-state index in [4.69, 9.17) is 0 Å². The van der Waals surface area contributed by atoms with Crippen LogP contribution >= 0.6 is 0 Å². The molecule has 0 saturated heterocycles. The first-order valence-corrected chi connectivity index (χ1v) is 13.3. The third-order valence-corrected chi connectivity index (χ3v) is 12.0. The van der Waals surface area contributed by atoms with E-state index in [-0.39, 0.29) is 6.10 Å². The molecule has 2 N–H and O–H groups in total. The van der Waals surface area contributed by atoms with Gasteiger partial charge in [0.05, 0.1) is 11.7 Å². The fourth-order valence-electron chi connectivity index (χ4n) is 10.1. The fourth-order valence-corrected chi connectivity index (χ4v) is 10.1. The van der Waals surface area contributed by atoms with Crippen molar-refractivity contribution in [2.24, 2.45) is 51.8 Å². The van der Waals surface area contributed by atoms with E-state index in [2.05, 4.69) is 48.5 Å². The Hall–Kier alpha value is -0.0800. The molecule has 0 spiro atoms. The van der Waals surface area contributed by atoms with Crippen LogP contribution in [0.3, 0.4) is 0 Å². The van der Waals surface area contributed by atoms with Crippen LogP contribution in [0.2, 0.25) is 0 Å². The van der Waals surface area contributed by atoms with E-state index in [1.54, 1.807) is 0 Å². The van der Waals surface area contributed by atoms with Gasteiger partial charge in [-0.15, -0.1) is 0 Å². The Labute approximate surface area is 186 Å². The van der Waals surface area contributed by atoms with E-state index in [0.717, 1.165) is 31.1 Å². The maximum Gasteiger partial charge on any atom is 0.0648 e. The van der Waals surface area contributed by atoms with Crippen LogP contribution < -0.4 is 0 Å². The minimum Gasteiger partial charge on any atom is -0.393 e. The summed E-state index contributed by atoms with van der Waals surface area (Å²) in [6.45, 7) is 16.7. The van der Waals surface area contributed by atoms with Gasteiger partial charge in [0, 0.05) is 0 Å². The van der Waals surface area contributed by atoms with Crippen LogP contribution in [-0.2, 0) is 0 Å². The molecule has 30 heavy (non-hydrogen) atoms. The molecule has 4 fully saturated rings. The summed E-state index contributed by atoms with van der Waals surface area (Å²) in [4.78, 5) is 0. The lowest BCUT2D eigenvalue weighted by Crippen LogP contribution is -2.60. The highest BCUT2D eigenvalue weighted by atomic mass is 16.3. The molecule has 0 aromatic carbocycles. The van der Waals surface area contributed by atoms with Gasteiger partial charge in [0.25, 0.3) is 0 Å². The number of aliphatic hydroxyl groups excluding tert-OH is 1. The largest absolute Gasteiger partial charge is 0.393 e. The van der Waals surface area contributed by atoms with Gasteiger partial charge in [0.2, 0.25) is 0 Å². The summed E-state index contributed by atoms with van der Waals surface area (Å²) in [6, 6.07) is 0. The third-order valence-electron chi connectivity index (χ3n) is 12.0. The van der Waals surface area contributed by atoms with Gasteiger partial charge >= 0.3 is 0 Å². The maximum absolute atomic E-state index is 11.1. The molecule has 0 heterocycles. The summed E-state index contributed by atoms with van der Waals surface area (Å²) >= 11 is 0. The minimum absolute atomic E-state index is 0.172. The summed E-state index contributed by atoms with van der Waals surface area (Å²) < 4.78 is 0. The molecule has 0 aromatic rings. The smallest absolute Gasteiger partial charge is 0.0648 e. The second kappa shape index (κ2) is 7.47. The Morgan fingerprint density at radius 3 is 2.07 bits per heavy atom. The van der Waals surface area contributed by atoms with Gasteiger partial charge < -0.3 is 10.2 Å². The molecule has 174 valence electrons. The van der Waals surface area contributed by atoms with Crippen molar-refractivity contribution in [2.45, 2.75) is 124 Å². The molecular weight excluding hydrogens is 368 g/mol. The molecule has 2 heteroatoms. The summed E-state index contributed by atoms with van der Waals surface area (Å²) in [5.41, 5.74) is 0.846. The molecular formula is C28H50O2. The predicted molar refractivity (Wildman–Crippen MR) is 125 cm³/mol. The van der Waals surface area contributed by atoms with Crippen molar-refractivity contribution in [3.8, 4) is 0 Å². The van der Waals surface area contributed by atoms with Crippen molar-refractivity contribution in [1.82, 2.24) is 0 Å². The van der Waals surface area contributed by atoms with Crippen LogP contribution in [0.4, 0.5) is 0 Å². The molecule has 4 aliphatic carbocycles. The monoisotopic (exact) mass is 418 g/mol. The van der Waals surface area contributed by atoms with E-state index in [0.29, 0.717) is 39.9 Å². The summed E-state index contributed by atoms with van der Waals surface area (Å²) in [6.07, 6.45) is 12.1. The van der Waals surface area contributed by atoms with Gasteiger partial charge in [-0.3, -0.25) is 0 Å². The summed E-state index contributed by atoms with van der Waals surface area (Å²) in [7, 11) is 0. The van der Waals surface area contributed by atoms with Crippen molar-refractivity contribution in [1.29, 1.82) is 0 Å². The lowest BCUT2D eigenvalue weighted by molar-refractivity contribution is -0.192. The Kier molecular flexibility index (Phi) is 5.75. The minimum atomic E-state index is -0.401. The third kappa shape index (κ3) is 3.17. The normalized spacial score (nSPS) is 53.0. The SMILES string of the molecule is CC[C@]1(O)CC[C@@]2(C)[C@@H](CC[C@]3(C)[C@@H]2CC[C@]2(C)C([C@H](C)[C@@H](O)C(C)C)CC[C@@H]32)C1. The van der Waals surface area contributed by atoms with E-state index in [1.165, 1.54) is 44.9 Å². The second-order valence-electron chi connectivity index (χ2n) is 13.5. The van der Waals surface area contributed by atoms with Crippen LogP contribution in [0.1, 0.15) is 113 Å². The molecule has 4 saturated carbocycles. The number of aliphatic hydroxyl groups is 2. The van der Waals surface area contributed by atoms with Gasteiger partial charge in [-0.05, 0) is 116 Å². The number of hydrogen-bond donors (Lipinski definition) is 2. The van der Waals surface area contributed by atoms with Crippen LogP contribution in [0.15, 0.2) is 0 Å². The molecule has 0 bridgehead atoms. The number of fused-ring (bicyclic) bond motifs is 5. The highest BCUT2D eigenvalue weighted by molar-refractivity contribution is 5.15. The highest BCUT2D eigenvalue weighted by Gasteiger charge is 2.66. The van der Waals surface area contributed by atoms with E-state index < -0.39 is 5.60 Å². The standard InChI is InChI=1S/C28H50O2/c1-8-28(30)16-15-25(5)20(17-28)11-13-27(7)22-10-9-21(19(4)24(29)18(2)3)26(22,6)14-12-23(25)27/h18-24,29-30H,8-17H2,1-7H3/t19-,20-,21?,22+,23+,24-,25-,26+,27-,28-/m0/s1. The average molecular weight is 419 g/mol. The molecule has 0 radical (unpaired) electrons. The highest BCUT2D eigenvalue weighted by Crippen LogP contribution is 2.73. The van der Waals surface area contributed by atoms with Crippen molar-refractivity contribution in [3.05, 3.63) is 0 Å². The number of rotatable bonds is 4. The lowest BCUT2D eigenvalue weighted by Gasteiger charge is -2.67. The average Bonchev–Trinajstić information content (AvgIpc) is 3.06. The van der Waals surface area contributed by atoms with Crippen LogP contribution in [0.25, 0.3) is 0 Å². The molecule has 0 aromatic heterocycles. The van der Waals surface area contributed by atoms with Crippen molar-refractivity contribution < 1.29 is 10.2 Å². The Bertz CT molecular complexity index is 645. The molecule has 0 amide bonds. The Balaban J connectivity index is 1.60. The van der Waals surface area contributed by atoms with Gasteiger partial charge in [-0.1, -0.05) is 48.5 Å². The fraction of sp³-hybridized carbons (Fsp3) is 1.00. The van der Waals surface area contributed by atoms with Crippen LogP contribution in [0.5, 0.6) is 0 Å². The van der Waals surface area contributed by atoms with Crippen molar-refractivity contribution in [2.75, 3.05) is 0 Å². The Morgan fingerprint density at radius 1 is 0.800 bits per heavy atom. The molecule has 0 aliphatic heterocycles. The molecule has 4 rings (SSSR count). The quantitative estimate of drug-likeness (QED) is 0.525. The van der Waals surface area contributed by atoms with Gasteiger partial charge in [-0.25, -0.2) is 0 Å². The zero-order chi connectivity index (χ0) is 22.1. The zero-order valence-corrected chi connectivity index (χ0v) is 21.0. The van der Waals surface area contributed by atoms with E-state index >= 15 is 0 Å². The lowest BCUT2D eigenvalue weighted by atomic mass is 9.38. The second-order valence-corrected chi connectivity index (χ2v) is 13.5. The van der Waals surface area contributed by atoms with Crippen molar-refractivity contribution in [3.63, 3.8) is 0 Å².